The van der Waals surface area contributed by atoms with E-state index in [2.05, 4.69) is 0 Å². The summed E-state index contributed by atoms with van der Waals surface area (Å²) < 4.78 is 22.8. The van der Waals surface area contributed by atoms with Gasteiger partial charge in [-0.15, -0.1) is 0 Å². The van der Waals surface area contributed by atoms with Crippen LogP contribution in [0.1, 0.15) is 31.9 Å². The Bertz CT molecular complexity index is 565. The van der Waals surface area contributed by atoms with Crippen LogP contribution in [0.25, 0.3) is 0 Å². The minimum Gasteiger partial charge on any atom is -0.480 e. The first kappa shape index (κ1) is 16.7. The smallest absolute Gasteiger partial charge is 0.320 e. The number of carboxylic acids is 1. The molecule has 0 radical (unpaired) electrons. The molecular formula is C14H21NO4S. The van der Waals surface area contributed by atoms with E-state index in [-0.39, 0.29) is 10.9 Å². The third kappa shape index (κ3) is 3.80. The second-order valence-corrected chi connectivity index (χ2v) is 6.96. The van der Waals surface area contributed by atoms with Crippen LogP contribution in [-0.4, -0.2) is 43.7 Å². The van der Waals surface area contributed by atoms with E-state index in [4.69, 9.17) is 5.11 Å². The molecule has 0 aliphatic heterocycles. The van der Waals surface area contributed by atoms with Crippen molar-refractivity contribution in [2.75, 3.05) is 13.3 Å². The zero-order valence-electron chi connectivity index (χ0n) is 12.2. The van der Waals surface area contributed by atoms with Gasteiger partial charge in [0.1, 0.15) is 6.04 Å². The van der Waals surface area contributed by atoms with Crippen molar-refractivity contribution in [1.29, 1.82) is 0 Å². The van der Waals surface area contributed by atoms with Gasteiger partial charge >= 0.3 is 5.97 Å². The fraction of sp³-hybridized carbons (Fsp3) is 0.500. The maximum Gasteiger partial charge on any atom is 0.320 e. The molecule has 0 aliphatic carbocycles. The van der Waals surface area contributed by atoms with Crippen molar-refractivity contribution in [2.24, 2.45) is 0 Å². The van der Waals surface area contributed by atoms with E-state index < -0.39 is 21.8 Å². The van der Waals surface area contributed by atoms with Gasteiger partial charge < -0.3 is 5.11 Å². The van der Waals surface area contributed by atoms with Crippen LogP contribution in [0.2, 0.25) is 0 Å². The van der Waals surface area contributed by atoms with Crippen LogP contribution in [0.3, 0.4) is 0 Å². The normalized spacial score (nSPS) is 15.1. The zero-order valence-corrected chi connectivity index (χ0v) is 13.0. The molecule has 1 N–H and O–H groups in total. The van der Waals surface area contributed by atoms with Crippen molar-refractivity contribution in [3.63, 3.8) is 0 Å². The number of carbonyl (C=O) groups is 1. The highest BCUT2D eigenvalue weighted by molar-refractivity contribution is 7.90. The third-order valence-corrected chi connectivity index (χ3v) is 4.69. The van der Waals surface area contributed by atoms with Gasteiger partial charge in [0.25, 0.3) is 0 Å². The van der Waals surface area contributed by atoms with Gasteiger partial charge in [-0.2, -0.15) is 0 Å². The largest absolute Gasteiger partial charge is 0.480 e. The second-order valence-electron chi connectivity index (χ2n) is 4.94. The molecule has 0 amide bonds. The van der Waals surface area contributed by atoms with Crippen LogP contribution in [0, 0.1) is 0 Å². The molecule has 0 saturated carbocycles. The van der Waals surface area contributed by atoms with E-state index in [0.717, 1.165) is 11.8 Å². The third-order valence-electron chi connectivity index (χ3n) is 3.56. The van der Waals surface area contributed by atoms with Crippen LogP contribution in [0.15, 0.2) is 29.2 Å². The van der Waals surface area contributed by atoms with Crippen LogP contribution in [0.4, 0.5) is 0 Å². The van der Waals surface area contributed by atoms with E-state index in [1.807, 2.05) is 13.8 Å². The molecule has 0 spiro atoms. The molecule has 0 aromatic heterocycles. The monoisotopic (exact) mass is 299 g/mol. The Morgan fingerprint density at radius 3 is 2.15 bits per heavy atom. The number of likely N-dealkylation sites (N-methyl/N-ethyl adjacent to an activating group) is 1. The lowest BCUT2D eigenvalue weighted by atomic mass is 10.0. The molecule has 6 heteroatoms. The Hall–Kier alpha value is -1.40. The summed E-state index contributed by atoms with van der Waals surface area (Å²) >= 11 is 0. The number of carboxylic acid groups (broad SMARTS) is 1. The molecule has 0 heterocycles. The molecule has 2 atom stereocenters. The Morgan fingerprint density at radius 2 is 1.80 bits per heavy atom. The molecule has 0 bridgehead atoms. The number of aliphatic carboxylic acids is 1. The van der Waals surface area contributed by atoms with Crippen molar-refractivity contribution in [3.05, 3.63) is 29.8 Å². The van der Waals surface area contributed by atoms with Crippen LogP contribution in [-0.2, 0) is 14.6 Å². The average molecular weight is 299 g/mol. The molecule has 0 aliphatic rings. The van der Waals surface area contributed by atoms with Crippen LogP contribution >= 0.6 is 0 Å². The minimum atomic E-state index is -3.21. The molecule has 20 heavy (non-hydrogen) atoms. The van der Waals surface area contributed by atoms with Crippen molar-refractivity contribution in [2.45, 2.75) is 37.2 Å². The summed E-state index contributed by atoms with van der Waals surface area (Å²) in [7, 11) is -1.45. The Labute approximate surface area is 120 Å². The summed E-state index contributed by atoms with van der Waals surface area (Å²) in [5.41, 5.74) is 0.889. The van der Waals surface area contributed by atoms with Crippen molar-refractivity contribution in [3.8, 4) is 0 Å². The number of benzene rings is 1. The molecule has 112 valence electrons. The molecular weight excluding hydrogens is 278 g/mol. The fourth-order valence-corrected chi connectivity index (χ4v) is 2.77. The summed E-state index contributed by atoms with van der Waals surface area (Å²) in [6, 6.07) is 5.90. The number of nitrogens with zero attached hydrogens (tertiary/aromatic N) is 1. The van der Waals surface area contributed by atoms with E-state index >= 15 is 0 Å². The Balaban J connectivity index is 2.98. The maximum atomic E-state index is 11.4. The predicted octanol–water partition coefficient (Wildman–Crippen LogP) is 1.95. The summed E-state index contributed by atoms with van der Waals surface area (Å²) in [4.78, 5) is 13.2. The lowest BCUT2D eigenvalue weighted by Crippen LogP contribution is -2.39. The van der Waals surface area contributed by atoms with Gasteiger partial charge in [0.05, 0.1) is 4.90 Å². The molecule has 1 aromatic rings. The summed E-state index contributed by atoms with van der Waals surface area (Å²) in [5, 5.41) is 9.17. The standard InChI is InChI=1S/C14H21NO4S/c1-5-13(14(16)17)15(3)10(2)11-6-8-12(9-7-11)20(4,18)19/h6-10,13H,5H2,1-4H3,(H,16,17). The van der Waals surface area contributed by atoms with Gasteiger partial charge in [-0.25, -0.2) is 8.42 Å². The Morgan fingerprint density at radius 1 is 1.30 bits per heavy atom. The van der Waals surface area contributed by atoms with E-state index in [1.54, 1.807) is 36.2 Å². The van der Waals surface area contributed by atoms with Gasteiger partial charge in [-0.1, -0.05) is 19.1 Å². The quantitative estimate of drug-likeness (QED) is 0.869. The van der Waals surface area contributed by atoms with E-state index in [9.17, 15) is 13.2 Å². The van der Waals surface area contributed by atoms with Gasteiger partial charge in [0.2, 0.25) is 0 Å². The highest BCUT2D eigenvalue weighted by atomic mass is 32.2. The number of rotatable bonds is 6. The molecule has 2 unspecified atom stereocenters. The molecule has 5 nitrogen and oxygen atoms in total. The predicted molar refractivity (Wildman–Crippen MR) is 77.4 cm³/mol. The Kier molecular flexibility index (Phi) is 5.30. The lowest BCUT2D eigenvalue weighted by Gasteiger charge is -2.30. The topological polar surface area (TPSA) is 74.7 Å². The number of hydrogen-bond donors (Lipinski definition) is 1. The van der Waals surface area contributed by atoms with Crippen LogP contribution in [0.5, 0.6) is 0 Å². The van der Waals surface area contributed by atoms with Gasteiger partial charge in [-0.3, -0.25) is 9.69 Å². The van der Waals surface area contributed by atoms with E-state index in [0.29, 0.717) is 6.42 Å². The highest BCUT2D eigenvalue weighted by Crippen LogP contribution is 2.23. The summed E-state index contributed by atoms with van der Waals surface area (Å²) in [5.74, 6) is -0.852. The lowest BCUT2D eigenvalue weighted by molar-refractivity contribution is -0.143. The van der Waals surface area contributed by atoms with Gasteiger partial charge in [0.15, 0.2) is 9.84 Å². The van der Waals surface area contributed by atoms with Gasteiger partial charge in [0, 0.05) is 12.3 Å². The zero-order chi connectivity index (χ0) is 15.5. The average Bonchev–Trinajstić information content (AvgIpc) is 2.37. The van der Waals surface area contributed by atoms with Crippen molar-refractivity contribution in [1.82, 2.24) is 4.90 Å². The summed E-state index contributed by atoms with van der Waals surface area (Å²) in [6.07, 6.45) is 1.67. The first-order chi connectivity index (χ1) is 9.18. The molecule has 1 aromatic carbocycles. The van der Waals surface area contributed by atoms with Crippen molar-refractivity contribution < 1.29 is 18.3 Å². The maximum absolute atomic E-state index is 11.4. The first-order valence-corrected chi connectivity index (χ1v) is 8.32. The number of hydrogen-bond acceptors (Lipinski definition) is 4. The molecule has 1 rings (SSSR count). The first-order valence-electron chi connectivity index (χ1n) is 6.43. The fourth-order valence-electron chi connectivity index (χ4n) is 2.14. The van der Waals surface area contributed by atoms with Crippen LogP contribution < -0.4 is 0 Å². The second kappa shape index (κ2) is 6.37. The van der Waals surface area contributed by atoms with Gasteiger partial charge in [-0.05, 0) is 38.1 Å². The molecule has 0 saturated heterocycles. The highest BCUT2D eigenvalue weighted by Gasteiger charge is 2.25. The molecule has 0 fully saturated rings. The van der Waals surface area contributed by atoms with Crippen molar-refractivity contribution >= 4 is 15.8 Å². The SMILES string of the molecule is CCC(C(=O)O)N(C)C(C)c1ccc(S(C)(=O)=O)cc1. The summed E-state index contributed by atoms with van der Waals surface area (Å²) in [6.45, 7) is 3.73. The minimum absolute atomic E-state index is 0.107. The van der Waals surface area contributed by atoms with E-state index in [1.165, 1.54) is 0 Å². The number of sulfone groups is 1.